The molecule has 0 aliphatic carbocycles. The second-order valence-electron chi connectivity index (χ2n) is 9.15. The van der Waals surface area contributed by atoms with Crippen molar-refractivity contribution >= 4 is 25.5 Å². The number of anilines is 1. The van der Waals surface area contributed by atoms with Gasteiger partial charge in [-0.3, -0.25) is 0 Å². The summed E-state index contributed by atoms with van der Waals surface area (Å²) in [6, 6.07) is 14.5. The fraction of sp³-hybridized carbons (Fsp3) is 0.308. The number of para-hydroxylation sites is 1. The minimum Gasteiger partial charge on any atom is -0.369 e. The first-order chi connectivity index (χ1) is 17.0. The van der Waals surface area contributed by atoms with Crippen LogP contribution in [0, 0.1) is 11.6 Å². The van der Waals surface area contributed by atoms with E-state index in [9.17, 15) is 25.6 Å². The highest BCUT2D eigenvalue weighted by Gasteiger charge is 2.29. The van der Waals surface area contributed by atoms with Crippen LogP contribution in [0.5, 0.6) is 0 Å². The Labute approximate surface area is 210 Å². The largest absolute Gasteiger partial charge is 0.369 e. The fourth-order valence-electron chi connectivity index (χ4n) is 4.37. The molecule has 0 unspecified atom stereocenters. The topological polar surface area (TPSA) is 83.5 Å². The predicted octanol–water partition coefficient (Wildman–Crippen LogP) is 4.87. The van der Waals surface area contributed by atoms with Crippen LogP contribution in [0.1, 0.15) is 38.2 Å². The van der Waals surface area contributed by atoms with Crippen molar-refractivity contribution in [3.63, 3.8) is 0 Å². The van der Waals surface area contributed by atoms with Gasteiger partial charge in [0.15, 0.2) is 0 Å². The lowest BCUT2D eigenvalue weighted by atomic mass is 10.0. The van der Waals surface area contributed by atoms with Crippen LogP contribution in [0.25, 0.3) is 0 Å². The van der Waals surface area contributed by atoms with Gasteiger partial charge in [-0.25, -0.2) is 30.3 Å². The van der Waals surface area contributed by atoms with Crippen LogP contribution >= 0.6 is 0 Å². The average Bonchev–Trinajstić information content (AvgIpc) is 2.84. The van der Waals surface area contributed by atoms with Gasteiger partial charge in [-0.15, -0.1) is 0 Å². The summed E-state index contributed by atoms with van der Waals surface area (Å²) in [6.07, 6.45) is 0.941. The Morgan fingerprint density at radius 1 is 0.861 bits per heavy atom. The molecule has 0 radical (unpaired) electrons. The number of sulfone groups is 1. The summed E-state index contributed by atoms with van der Waals surface area (Å²) in [7, 11) is -8.12. The summed E-state index contributed by atoms with van der Waals surface area (Å²) in [5, 5.41) is 0. The number of benzene rings is 3. The summed E-state index contributed by atoms with van der Waals surface area (Å²) < 4.78 is 83.3. The molecule has 1 fully saturated rings. The highest BCUT2D eigenvalue weighted by molar-refractivity contribution is 7.91. The molecule has 192 valence electrons. The zero-order valence-electron chi connectivity index (χ0n) is 20.0. The molecule has 0 spiro atoms. The molecule has 0 atom stereocenters. The van der Waals surface area contributed by atoms with Gasteiger partial charge in [0.2, 0.25) is 19.9 Å². The van der Waals surface area contributed by atoms with Gasteiger partial charge >= 0.3 is 0 Å². The van der Waals surface area contributed by atoms with Crippen molar-refractivity contribution in [2.24, 2.45) is 0 Å². The van der Waals surface area contributed by atoms with Crippen molar-refractivity contribution in [2.75, 3.05) is 18.0 Å². The monoisotopic (exact) mass is 534 g/mol. The van der Waals surface area contributed by atoms with Crippen LogP contribution in [0.2, 0.25) is 0 Å². The van der Waals surface area contributed by atoms with Crippen LogP contribution in [0.15, 0.2) is 81.4 Å². The normalized spacial score (nSPS) is 15.4. The number of sulfonamides is 1. The molecule has 3 aromatic carbocycles. The minimum absolute atomic E-state index is 0.0998. The molecule has 1 aliphatic rings. The Kier molecular flexibility index (Phi) is 7.49. The standard InChI is InChI=1S/C26H28F2N2O4S2/c1-18(2)23-12-11-22(35(31,32)21-9-7-19(27)8-10-21)17-26(23)36(33,34)29-20-13-15-30(16-14-20)25-6-4-3-5-24(25)28/h3-12,17-18,20,29H,13-16H2,1-2H3. The predicted molar refractivity (Wildman–Crippen MR) is 134 cm³/mol. The number of halogens is 2. The summed E-state index contributed by atoms with van der Waals surface area (Å²) in [6.45, 7) is 4.61. The number of hydrogen-bond acceptors (Lipinski definition) is 5. The molecule has 0 bridgehead atoms. The SMILES string of the molecule is CC(C)c1ccc(S(=O)(=O)c2ccc(F)cc2)cc1S(=O)(=O)NC1CCN(c2ccccc2F)CC1. The van der Waals surface area contributed by atoms with E-state index >= 15 is 0 Å². The van der Waals surface area contributed by atoms with E-state index in [1.807, 2.05) is 18.7 Å². The molecular formula is C26H28F2N2O4S2. The van der Waals surface area contributed by atoms with Gasteiger partial charge in [0.1, 0.15) is 11.6 Å². The van der Waals surface area contributed by atoms with Gasteiger partial charge < -0.3 is 4.90 Å². The Balaban J connectivity index is 1.59. The smallest absolute Gasteiger partial charge is 0.241 e. The van der Waals surface area contributed by atoms with E-state index in [4.69, 9.17) is 0 Å². The molecule has 1 N–H and O–H groups in total. The van der Waals surface area contributed by atoms with Crippen LogP contribution in [-0.4, -0.2) is 36.0 Å². The number of nitrogens with zero attached hydrogens (tertiary/aromatic N) is 1. The quantitative estimate of drug-likeness (QED) is 0.438. The lowest BCUT2D eigenvalue weighted by Gasteiger charge is -2.34. The Hall–Kier alpha value is -2.82. The van der Waals surface area contributed by atoms with Crippen LogP contribution in [0.4, 0.5) is 14.5 Å². The summed E-state index contributed by atoms with van der Waals surface area (Å²) in [4.78, 5) is 1.47. The Bertz CT molecular complexity index is 1450. The molecule has 3 aromatic rings. The maximum Gasteiger partial charge on any atom is 0.241 e. The van der Waals surface area contributed by atoms with E-state index in [2.05, 4.69) is 4.72 Å². The molecule has 1 heterocycles. The summed E-state index contributed by atoms with van der Waals surface area (Å²) >= 11 is 0. The first-order valence-corrected chi connectivity index (χ1v) is 14.6. The highest BCUT2D eigenvalue weighted by Crippen LogP contribution is 2.30. The van der Waals surface area contributed by atoms with Gasteiger partial charge in [-0.2, -0.15) is 0 Å². The lowest BCUT2D eigenvalue weighted by molar-refractivity contribution is 0.455. The molecule has 1 saturated heterocycles. The lowest BCUT2D eigenvalue weighted by Crippen LogP contribution is -2.45. The van der Waals surface area contributed by atoms with E-state index in [0.29, 0.717) is 37.2 Å². The molecule has 10 heteroatoms. The third-order valence-electron chi connectivity index (χ3n) is 6.34. The molecule has 0 aromatic heterocycles. The third kappa shape index (κ3) is 5.45. The van der Waals surface area contributed by atoms with Crippen LogP contribution < -0.4 is 9.62 Å². The van der Waals surface area contributed by atoms with E-state index in [1.54, 1.807) is 18.2 Å². The van der Waals surface area contributed by atoms with Crippen molar-refractivity contribution < 1.29 is 25.6 Å². The van der Waals surface area contributed by atoms with Gasteiger partial charge in [0.25, 0.3) is 0 Å². The highest BCUT2D eigenvalue weighted by atomic mass is 32.2. The van der Waals surface area contributed by atoms with Crippen LogP contribution in [-0.2, 0) is 19.9 Å². The third-order valence-corrected chi connectivity index (χ3v) is 9.68. The van der Waals surface area contributed by atoms with E-state index in [-0.39, 0.29) is 32.5 Å². The van der Waals surface area contributed by atoms with Gasteiger partial charge in [0, 0.05) is 19.1 Å². The van der Waals surface area contributed by atoms with E-state index < -0.39 is 25.7 Å². The summed E-state index contributed by atoms with van der Waals surface area (Å²) in [5.74, 6) is -1.07. The second kappa shape index (κ2) is 10.3. The number of piperidine rings is 1. The van der Waals surface area contributed by atoms with Crippen LogP contribution in [0.3, 0.4) is 0 Å². The fourth-order valence-corrected chi connectivity index (χ4v) is 7.43. The zero-order chi connectivity index (χ0) is 26.1. The Morgan fingerprint density at radius 3 is 2.08 bits per heavy atom. The van der Waals surface area contributed by atoms with Gasteiger partial charge in [0.05, 0.1) is 20.4 Å². The second-order valence-corrected chi connectivity index (χ2v) is 12.8. The van der Waals surface area contributed by atoms with Crippen molar-refractivity contribution in [1.29, 1.82) is 0 Å². The van der Waals surface area contributed by atoms with E-state index in [1.165, 1.54) is 24.3 Å². The first-order valence-electron chi connectivity index (χ1n) is 11.7. The molecule has 0 saturated carbocycles. The van der Waals surface area contributed by atoms with E-state index in [0.717, 1.165) is 24.3 Å². The van der Waals surface area contributed by atoms with Crippen molar-refractivity contribution in [3.05, 3.63) is 83.9 Å². The first kappa shape index (κ1) is 26.2. The number of rotatable bonds is 7. The average molecular weight is 535 g/mol. The van der Waals surface area contributed by atoms with Gasteiger partial charge in [-0.1, -0.05) is 32.0 Å². The number of hydrogen-bond donors (Lipinski definition) is 1. The molecule has 1 aliphatic heterocycles. The molecule has 4 rings (SSSR count). The summed E-state index contributed by atoms with van der Waals surface area (Å²) in [5.41, 5.74) is 0.976. The zero-order valence-corrected chi connectivity index (χ0v) is 21.6. The van der Waals surface area contributed by atoms with Crippen molar-refractivity contribution in [2.45, 2.75) is 53.3 Å². The maximum absolute atomic E-state index is 14.1. The maximum atomic E-state index is 14.1. The minimum atomic E-state index is -4.06. The van der Waals surface area contributed by atoms with Crippen molar-refractivity contribution in [3.8, 4) is 0 Å². The molecule has 36 heavy (non-hydrogen) atoms. The number of nitrogens with one attached hydrogen (secondary N) is 1. The molecule has 6 nitrogen and oxygen atoms in total. The molecule has 0 amide bonds. The van der Waals surface area contributed by atoms with Gasteiger partial charge in [-0.05, 0) is 72.9 Å². The Morgan fingerprint density at radius 2 is 1.47 bits per heavy atom. The molecular weight excluding hydrogens is 506 g/mol. The van der Waals surface area contributed by atoms with Crippen molar-refractivity contribution in [1.82, 2.24) is 4.72 Å².